The predicted molar refractivity (Wildman–Crippen MR) is 87.3 cm³/mol. The van der Waals surface area contributed by atoms with Crippen molar-refractivity contribution >= 4 is 34.4 Å². The molecule has 0 N–H and O–H groups in total. The summed E-state index contributed by atoms with van der Waals surface area (Å²) in [6.07, 6.45) is 6.44. The Balaban J connectivity index is 1.82. The van der Waals surface area contributed by atoms with Gasteiger partial charge in [-0.3, -0.25) is 0 Å². The SMILES string of the molecule is ClCCc1nc2cc(Cl)cnc2n1CCN1CCCCC1. The van der Waals surface area contributed by atoms with Gasteiger partial charge >= 0.3 is 0 Å². The van der Waals surface area contributed by atoms with Crippen molar-refractivity contribution in [2.75, 3.05) is 25.5 Å². The Bertz CT molecular complexity index is 605. The van der Waals surface area contributed by atoms with E-state index in [-0.39, 0.29) is 0 Å². The molecule has 0 bridgehead atoms. The highest BCUT2D eigenvalue weighted by Gasteiger charge is 2.14. The molecule has 2 aromatic rings. The smallest absolute Gasteiger partial charge is 0.160 e. The highest BCUT2D eigenvalue weighted by atomic mass is 35.5. The van der Waals surface area contributed by atoms with Crippen LogP contribution in [0.5, 0.6) is 0 Å². The fraction of sp³-hybridized carbons (Fsp3) is 0.600. The van der Waals surface area contributed by atoms with Gasteiger partial charge in [-0.25, -0.2) is 9.97 Å². The minimum atomic E-state index is 0.570. The average Bonchev–Trinajstić information content (AvgIpc) is 2.83. The van der Waals surface area contributed by atoms with Gasteiger partial charge in [-0.1, -0.05) is 18.0 Å². The first kappa shape index (κ1) is 15.1. The fourth-order valence-corrected chi connectivity index (χ4v) is 3.29. The van der Waals surface area contributed by atoms with Crippen LogP contribution in [0.15, 0.2) is 12.3 Å². The van der Waals surface area contributed by atoms with Crippen LogP contribution >= 0.6 is 23.2 Å². The number of aromatic nitrogens is 3. The maximum absolute atomic E-state index is 6.01. The van der Waals surface area contributed by atoms with Crippen molar-refractivity contribution in [2.45, 2.75) is 32.2 Å². The molecule has 0 aromatic carbocycles. The molecule has 0 spiro atoms. The van der Waals surface area contributed by atoms with E-state index in [4.69, 9.17) is 23.2 Å². The lowest BCUT2D eigenvalue weighted by atomic mass is 10.1. The van der Waals surface area contributed by atoms with Gasteiger partial charge in [-0.2, -0.15) is 0 Å². The summed E-state index contributed by atoms with van der Waals surface area (Å²) in [6.45, 7) is 4.37. The number of nitrogens with zero attached hydrogens (tertiary/aromatic N) is 4. The van der Waals surface area contributed by atoms with Crippen LogP contribution in [0.2, 0.25) is 5.02 Å². The minimum Gasteiger partial charge on any atom is -0.311 e. The molecule has 1 aliphatic heterocycles. The third-order valence-corrected chi connectivity index (χ3v) is 4.43. The Kier molecular flexibility index (Phi) is 4.99. The van der Waals surface area contributed by atoms with E-state index in [1.165, 1.54) is 32.4 Å². The number of hydrogen-bond donors (Lipinski definition) is 0. The van der Waals surface area contributed by atoms with Gasteiger partial charge in [-0.15, -0.1) is 11.6 Å². The molecule has 1 aliphatic rings. The van der Waals surface area contributed by atoms with E-state index in [0.29, 0.717) is 10.9 Å². The average molecular weight is 327 g/mol. The quantitative estimate of drug-likeness (QED) is 0.790. The van der Waals surface area contributed by atoms with E-state index in [2.05, 4.69) is 19.4 Å². The Morgan fingerprint density at radius 1 is 1.14 bits per heavy atom. The Morgan fingerprint density at radius 3 is 2.71 bits per heavy atom. The van der Waals surface area contributed by atoms with Crippen LogP contribution in [0.1, 0.15) is 25.1 Å². The number of pyridine rings is 1. The van der Waals surface area contributed by atoms with Crippen LogP contribution in [-0.4, -0.2) is 44.9 Å². The summed E-state index contributed by atoms with van der Waals surface area (Å²) in [4.78, 5) is 11.6. The third kappa shape index (κ3) is 3.50. The molecule has 3 heterocycles. The van der Waals surface area contributed by atoms with Crippen LogP contribution in [0.25, 0.3) is 11.2 Å². The van der Waals surface area contributed by atoms with Gasteiger partial charge in [0.05, 0.1) is 5.02 Å². The Morgan fingerprint density at radius 2 is 1.95 bits per heavy atom. The second-order valence-corrected chi connectivity index (χ2v) is 6.33. The van der Waals surface area contributed by atoms with Gasteiger partial charge in [0.2, 0.25) is 0 Å². The number of aryl methyl sites for hydroxylation is 1. The Labute approximate surface area is 135 Å². The topological polar surface area (TPSA) is 34.0 Å². The van der Waals surface area contributed by atoms with Gasteiger partial charge in [0.15, 0.2) is 5.65 Å². The summed E-state index contributed by atoms with van der Waals surface area (Å²) in [6, 6.07) is 1.87. The van der Waals surface area contributed by atoms with Gasteiger partial charge in [0.25, 0.3) is 0 Å². The summed E-state index contributed by atoms with van der Waals surface area (Å²) >= 11 is 11.9. The lowest BCUT2D eigenvalue weighted by Crippen LogP contribution is -2.32. The maximum atomic E-state index is 6.01. The predicted octanol–water partition coefficient (Wildman–Crippen LogP) is 3.35. The largest absolute Gasteiger partial charge is 0.311 e. The molecule has 0 saturated carbocycles. The zero-order chi connectivity index (χ0) is 14.7. The molecule has 114 valence electrons. The van der Waals surface area contributed by atoms with Crippen molar-refractivity contribution in [2.24, 2.45) is 0 Å². The van der Waals surface area contributed by atoms with E-state index in [9.17, 15) is 0 Å². The van der Waals surface area contributed by atoms with Gasteiger partial charge in [0.1, 0.15) is 11.3 Å². The molecule has 21 heavy (non-hydrogen) atoms. The molecule has 1 fully saturated rings. The third-order valence-electron chi connectivity index (χ3n) is 4.04. The van der Waals surface area contributed by atoms with Crippen LogP contribution < -0.4 is 0 Å². The summed E-state index contributed by atoms with van der Waals surface area (Å²) in [5.74, 6) is 1.58. The maximum Gasteiger partial charge on any atom is 0.160 e. The molecule has 6 heteroatoms. The summed E-state index contributed by atoms with van der Waals surface area (Å²) < 4.78 is 2.20. The number of rotatable bonds is 5. The first-order valence-corrected chi connectivity index (χ1v) is 8.48. The molecule has 0 unspecified atom stereocenters. The first-order chi connectivity index (χ1) is 10.3. The molecule has 1 saturated heterocycles. The van der Waals surface area contributed by atoms with Gasteiger partial charge < -0.3 is 9.47 Å². The number of alkyl halides is 1. The second-order valence-electron chi connectivity index (χ2n) is 5.52. The Hall–Kier alpha value is -0.840. The normalized spacial score (nSPS) is 16.7. The lowest BCUT2D eigenvalue weighted by molar-refractivity contribution is 0.221. The minimum absolute atomic E-state index is 0.570. The fourth-order valence-electron chi connectivity index (χ4n) is 2.97. The molecular formula is C15H20Cl2N4. The number of imidazole rings is 1. The molecule has 0 radical (unpaired) electrons. The van der Waals surface area contributed by atoms with Crippen LogP contribution in [0.3, 0.4) is 0 Å². The molecular weight excluding hydrogens is 307 g/mol. The lowest BCUT2D eigenvalue weighted by Gasteiger charge is -2.26. The molecule has 0 aliphatic carbocycles. The summed E-state index contributed by atoms with van der Waals surface area (Å²) in [5.41, 5.74) is 1.78. The van der Waals surface area contributed by atoms with Crippen molar-refractivity contribution in [3.8, 4) is 0 Å². The number of piperidine rings is 1. The van der Waals surface area contributed by atoms with E-state index in [0.717, 1.165) is 36.5 Å². The molecule has 0 amide bonds. The first-order valence-electron chi connectivity index (χ1n) is 7.57. The van der Waals surface area contributed by atoms with Crippen molar-refractivity contribution in [1.82, 2.24) is 19.4 Å². The van der Waals surface area contributed by atoms with Gasteiger partial charge in [0, 0.05) is 31.6 Å². The summed E-state index contributed by atoms with van der Waals surface area (Å²) in [5, 5.41) is 0.626. The number of hydrogen-bond acceptors (Lipinski definition) is 3. The number of halogens is 2. The van der Waals surface area contributed by atoms with Crippen LogP contribution in [-0.2, 0) is 13.0 Å². The van der Waals surface area contributed by atoms with E-state index in [1.807, 2.05) is 6.07 Å². The monoisotopic (exact) mass is 326 g/mol. The standard InChI is InChI=1S/C15H20Cl2N4/c16-5-4-14-19-13-10-12(17)11-18-15(13)21(14)9-8-20-6-2-1-3-7-20/h10-11H,1-9H2. The zero-order valence-electron chi connectivity index (χ0n) is 12.1. The second kappa shape index (κ2) is 6.95. The van der Waals surface area contributed by atoms with E-state index < -0.39 is 0 Å². The summed E-state index contributed by atoms with van der Waals surface area (Å²) in [7, 11) is 0. The molecule has 0 atom stereocenters. The van der Waals surface area contributed by atoms with Crippen molar-refractivity contribution in [3.63, 3.8) is 0 Å². The zero-order valence-corrected chi connectivity index (χ0v) is 13.6. The van der Waals surface area contributed by atoms with E-state index in [1.54, 1.807) is 6.20 Å². The molecule has 4 nitrogen and oxygen atoms in total. The highest BCUT2D eigenvalue weighted by molar-refractivity contribution is 6.31. The molecule has 3 rings (SSSR count). The number of likely N-dealkylation sites (tertiary alicyclic amines) is 1. The van der Waals surface area contributed by atoms with Crippen LogP contribution in [0, 0.1) is 0 Å². The van der Waals surface area contributed by atoms with Crippen LogP contribution in [0.4, 0.5) is 0 Å². The van der Waals surface area contributed by atoms with Crippen molar-refractivity contribution < 1.29 is 0 Å². The van der Waals surface area contributed by atoms with Crippen molar-refractivity contribution in [1.29, 1.82) is 0 Å². The van der Waals surface area contributed by atoms with E-state index >= 15 is 0 Å². The van der Waals surface area contributed by atoms with Gasteiger partial charge in [-0.05, 0) is 32.0 Å². The highest BCUT2D eigenvalue weighted by Crippen LogP contribution is 2.19. The number of fused-ring (bicyclic) bond motifs is 1. The van der Waals surface area contributed by atoms with Crippen molar-refractivity contribution in [3.05, 3.63) is 23.1 Å². The molecule has 2 aromatic heterocycles.